The first-order valence-electron chi connectivity index (χ1n) is 6.34. The lowest BCUT2D eigenvalue weighted by Crippen LogP contribution is -2.00. The van der Waals surface area contributed by atoms with Gasteiger partial charge in [0.05, 0.1) is 0 Å². The summed E-state index contributed by atoms with van der Waals surface area (Å²) < 4.78 is 81.4. The summed E-state index contributed by atoms with van der Waals surface area (Å²) in [6.07, 6.45) is 0. The van der Waals surface area contributed by atoms with Crippen LogP contribution in [0.15, 0.2) is 40.1 Å². The summed E-state index contributed by atoms with van der Waals surface area (Å²) in [5, 5.41) is 0. The van der Waals surface area contributed by atoms with Crippen molar-refractivity contribution < 1.29 is 30.0 Å². The zero-order valence-electron chi connectivity index (χ0n) is 12.7. The molecule has 0 aliphatic carbocycles. The number of aryl methyl sites for hydroxylation is 2. The molecule has 0 amide bonds. The fourth-order valence-electron chi connectivity index (χ4n) is 1.72. The molecule has 0 radical (unpaired) electrons. The van der Waals surface area contributed by atoms with E-state index in [4.69, 9.17) is 21.4 Å². The minimum Gasteiger partial charge on any atom is -0.207 e. The molecule has 2 rings (SSSR count). The van der Waals surface area contributed by atoms with Crippen LogP contribution in [0.3, 0.4) is 0 Å². The molecule has 0 atom stereocenters. The number of hydrogen-bond acceptors (Lipinski definition) is 4. The molecule has 0 aliphatic heterocycles. The van der Waals surface area contributed by atoms with Crippen molar-refractivity contribution in [2.45, 2.75) is 23.6 Å². The summed E-state index contributed by atoms with van der Waals surface area (Å²) in [5.74, 6) is -3.16. The number of hydrogen-bond donors (Lipinski definition) is 0. The molecule has 0 aromatic heterocycles. The molecule has 0 bridgehead atoms. The molecule has 0 aliphatic rings. The van der Waals surface area contributed by atoms with Crippen LogP contribution in [0.2, 0.25) is 0 Å². The molecule has 0 spiro atoms. The number of benzene rings is 2. The molecule has 0 fully saturated rings. The summed E-state index contributed by atoms with van der Waals surface area (Å²) >= 11 is 0. The van der Waals surface area contributed by atoms with Crippen LogP contribution >= 0.6 is 21.4 Å². The summed E-state index contributed by atoms with van der Waals surface area (Å²) in [6, 6.07) is 5.55. The molecule has 0 heterocycles. The van der Waals surface area contributed by atoms with Crippen LogP contribution in [-0.4, -0.2) is 16.8 Å². The molecule has 138 valence electrons. The lowest BCUT2D eigenvalue weighted by molar-refractivity contribution is 0.522. The predicted molar refractivity (Wildman–Crippen MR) is 88.3 cm³/mol. The van der Waals surface area contributed by atoms with E-state index in [1.165, 1.54) is 13.0 Å². The van der Waals surface area contributed by atoms with Crippen molar-refractivity contribution in [1.29, 1.82) is 0 Å². The van der Waals surface area contributed by atoms with E-state index in [0.717, 1.165) is 24.3 Å². The zero-order valence-corrected chi connectivity index (χ0v) is 15.9. The Morgan fingerprint density at radius 1 is 0.720 bits per heavy atom. The Morgan fingerprint density at radius 3 is 1.52 bits per heavy atom. The highest BCUT2D eigenvalue weighted by Gasteiger charge is 2.21. The molecule has 0 N–H and O–H groups in total. The smallest absolute Gasteiger partial charge is 0.207 e. The maximum absolute atomic E-state index is 12.9. The van der Waals surface area contributed by atoms with Gasteiger partial charge >= 0.3 is 0 Å². The molecule has 0 saturated carbocycles. The van der Waals surface area contributed by atoms with Gasteiger partial charge in [0.25, 0.3) is 18.1 Å². The molecule has 4 nitrogen and oxygen atoms in total. The fraction of sp³-hybridized carbons (Fsp3) is 0.143. The largest absolute Gasteiger partial charge is 0.267 e. The van der Waals surface area contributed by atoms with Gasteiger partial charge in [-0.15, -0.1) is 0 Å². The first kappa shape index (κ1) is 21.8. The maximum atomic E-state index is 12.9. The third kappa shape index (κ3) is 6.18. The highest BCUT2D eigenvalue weighted by molar-refractivity contribution is 8.14. The van der Waals surface area contributed by atoms with Crippen molar-refractivity contribution in [1.82, 2.24) is 0 Å². The van der Waals surface area contributed by atoms with Crippen LogP contribution < -0.4 is 0 Å². The van der Waals surface area contributed by atoms with Gasteiger partial charge in [0.1, 0.15) is 22.3 Å². The van der Waals surface area contributed by atoms with E-state index in [1.54, 1.807) is 6.92 Å². The topological polar surface area (TPSA) is 68.3 Å². The molecule has 0 saturated heterocycles. The van der Waals surface area contributed by atoms with E-state index >= 15 is 0 Å². The van der Waals surface area contributed by atoms with Crippen molar-refractivity contribution in [3.05, 3.63) is 58.9 Å². The SMILES string of the molecule is Cc1cc(F)c(S(=O)(=O)Cl)c(F)c1.Cc1ccc(S(=O)(=O)Cl)c(F)c1. The van der Waals surface area contributed by atoms with Gasteiger partial charge in [0.15, 0.2) is 4.90 Å². The third-order valence-corrected chi connectivity index (χ3v) is 5.43. The van der Waals surface area contributed by atoms with Gasteiger partial charge in [-0.3, -0.25) is 0 Å². The predicted octanol–water partition coefficient (Wildman–Crippen LogP) is 4.26. The van der Waals surface area contributed by atoms with Gasteiger partial charge in [-0.1, -0.05) is 6.07 Å². The minimum absolute atomic E-state index is 0.291. The molecule has 2 aromatic rings. The lowest BCUT2D eigenvalue weighted by atomic mass is 10.2. The standard InChI is InChI=1S/C7H5ClF2O2S.C7H6ClFO2S/c1-4-2-5(9)7(6(10)3-4)13(8,11)12;1-5-2-3-7(6(9)4-5)12(8,10)11/h2-3H,1H3;2-4H,1H3. The number of rotatable bonds is 2. The third-order valence-electron chi connectivity index (χ3n) is 2.74. The normalized spacial score (nSPS) is 11.6. The average molecular weight is 435 g/mol. The Morgan fingerprint density at radius 2 is 1.16 bits per heavy atom. The van der Waals surface area contributed by atoms with Crippen LogP contribution in [-0.2, 0) is 18.1 Å². The Bertz CT molecular complexity index is 984. The van der Waals surface area contributed by atoms with E-state index in [-0.39, 0.29) is 0 Å². The lowest BCUT2D eigenvalue weighted by Gasteiger charge is -2.01. The van der Waals surface area contributed by atoms with Crippen molar-refractivity contribution in [3.8, 4) is 0 Å². The molecule has 25 heavy (non-hydrogen) atoms. The molecule has 2 aromatic carbocycles. The second-order valence-electron chi connectivity index (χ2n) is 4.87. The van der Waals surface area contributed by atoms with Crippen molar-refractivity contribution >= 4 is 39.5 Å². The highest BCUT2D eigenvalue weighted by Crippen LogP contribution is 2.23. The second-order valence-corrected chi connectivity index (χ2v) is 9.90. The van der Waals surface area contributed by atoms with Crippen molar-refractivity contribution in [3.63, 3.8) is 0 Å². The van der Waals surface area contributed by atoms with Crippen molar-refractivity contribution in [2.24, 2.45) is 0 Å². The van der Waals surface area contributed by atoms with Gasteiger partial charge < -0.3 is 0 Å². The monoisotopic (exact) mass is 434 g/mol. The second kappa shape index (κ2) is 7.94. The van der Waals surface area contributed by atoms with E-state index < -0.39 is 45.3 Å². The highest BCUT2D eigenvalue weighted by atomic mass is 35.7. The Labute approximate surface area is 152 Å². The van der Waals surface area contributed by atoms with E-state index in [1.807, 2.05) is 0 Å². The summed E-state index contributed by atoms with van der Waals surface area (Å²) in [5.41, 5.74) is 0.940. The van der Waals surface area contributed by atoms with Crippen LogP contribution in [0.1, 0.15) is 11.1 Å². The van der Waals surface area contributed by atoms with E-state index in [0.29, 0.717) is 11.1 Å². The fourth-order valence-corrected chi connectivity index (χ4v) is 3.65. The average Bonchev–Trinajstić information content (AvgIpc) is 2.33. The molecular weight excluding hydrogens is 424 g/mol. The Kier molecular flexibility index (Phi) is 6.91. The summed E-state index contributed by atoms with van der Waals surface area (Å²) in [6.45, 7) is 3.10. The van der Waals surface area contributed by atoms with Crippen LogP contribution in [0, 0.1) is 31.3 Å². The first-order valence-corrected chi connectivity index (χ1v) is 11.0. The Balaban J connectivity index is 0.000000251. The van der Waals surface area contributed by atoms with Gasteiger partial charge in [0, 0.05) is 21.4 Å². The van der Waals surface area contributed by atoms with Crippen LogP contribution in [0.5, 0.6) is 0 Å². The minimum atomic E-state index is -4.36. The van der Waals surface area contributed by atoms with E-state index in [2.05, 4.69) is 0 Å². The zero-order chi connectivity index (χ0) is 19.6. The van der Waals surface area contributed by atoms with Gasteiger partial charge in [-0.05, 0) is 49.2 Å². The van der Waals surface area contributed by atoms with Gasteiger partial charge in [0.2, 0.25) is 0 Å². The molecule has 11 heteroatoms. The van der Waals surface area contributed by atoms with Crippen LogP contribution in [0.4, 0.5) is 13.2 Å². The quantitative estimate of drug-likeness (QED) is 0.662. The summed E-state index contributed by atoms with van der Waals surface area (Å²) in [7, 11) is 1.45. The summed E-state index contributed by atoms with van der Waals surface area (Å²) in [4.78, 5) is -1.57. The molecular formula is C14H11Cl2F3O4S2. The maximum Gasteiger partial charge on any atom is 0.267 e. The Hall–Kier alpha value is -1.29. The van der Waals surface area contributed by atoms with Gasteiger partial charge in [-0.2, -0.15) is 0 Å². The first-order chi connectivity index (χ1) is 11.2. The van der Waals surface area contributed by atoms with Gasteiger partial charge in [-0.25, -0.2) is 30.0 Å². The van der Waals surface area contributed by atoms with Crippen LogP contribution in [0.25, 0.3) is 0 Å². The molecule has 0 unspecified atom stereocenters. The number of halogens is 5. The van der Waals surface area contributed by atoms with E-state index in [9.17, 15) is 30.0 Å². The van der Waals surface area contributed by atoms with Crippen molar-refractivity contribution in [2.75, 3.05) is 0 Å².